The lowest BCUT2D eigenvalue weighted by Gasteiger charge is -1.95. The standard InChI is InChI=1S/C8H14ClO/c1-2-8(10)6-4-3-5-7-9/h1-7H2. The first kappa shape index (κ1) is 9.96. The number of Topliss-reactive ketones (excluding diaryl/α,β-unsaturated/α-hetero) is 1. The van der Waals surface area contributed by atoms with Gasteiger partial charge in [-0.25, -0.2) is 0 Å². The van der Waals surface area contributed by atoms with E-state index in [1.54, 1.807) is 0 Å². The Morgan fingerprint density at radius 2 is 2.00 bits per heavy atom. The normalized spacial score (nSPS) is 9.80. The van der Waals surface area contributed by atoms with Crippen LogP contribution < -0.4 is 0 Å². The van der Waals surface area contributed by atoms with Gasteiger partial charge in [-0.2, -0.15) is 0 Å². The van der Waals surface area contributed by atoms with Gasteiger partial charge < -0.3 is 0 Å². The van der Waals surface area contributed by atoms with Gasteiger partial charge in [0.15, 0.2) is 0 Å². The molecule has 0 saturated carbocycles. The van der Waals surface area contributed by atoms with Crippen molar-refractivity contribution >= 4 is 17.4 Å². The first-order valence-electron chi connectivity index (χ1n) is 3.68. The molecule has 0 amide bonds. The van der Waals surface area contributed by atoms with E-state index < -0.39 is 0 Å². The number of rotatable bonds is 6. The van der Waals surface area contributed by atoms with E-state index in [4.69, 9.17) is 11.6 Å². The van der Waals surface area contributed by atoms with Crippen LogP contribution in [0.25, 0.3) is 0 Å². The van der Waals surface area contributed by atoms with Crippen LogP contribution >= 0.6 is 11.6 Å². The third kappa shape index (κ3) is 6.09. The molecule has 0 aromatic heterocycles. The van der Waals surface area contributed by atoms with E-state index in [-0.39, 0.29) is 5.78 Å². The van der Waals surface area contributed by atoms with Crippen molar-refractivity contribution in [3.8, 4) is 0 Å². The average molecular weight is 162 g/mol. The Bertz CT molecular complexity index is 91.3. The van der Waals surface area contributed by atoms with Gasteiger partial charge in [0.1, 0.15) is 5.78 Å². The van der Waals surface area contributed by atoms with Gasteiger partial charge >= 0.3 is 0 Å². The molecule has 0 aromatic rings. The van der Waals surface area contributed by atoms with Gasteiger partial charge in [-0.15, -0.1) is 11.6 Å². The highest BCUT2D eigenvalue weighted by Crippen LogP contribution is 2.02. The Balaban J connectivity index is 2.96. The molecule has 0 fully saturated rings. The Hall–Kier alpha value is -0.0400. The molecular formula is C8H14ClO. The molecule has 0 saturated heterocycles. The summed E-state index contributed by atoms with van der Waals surface area (Å²) in [7, 11) is 0. The molecule has 0 aliphatic carbocycles. The second kappa shape index (κ2) is 7.07. The maximum Gasteiger partial charge on any atom is 0.132 e. The summed E-state index contributed by atoms with van der Waals surface area (Å²) in [5, 5.41) is 0. The highest BCUT2D eigenvalue weighted by Gasteiger charge is 1.96. The van der Waals surface area contributed by atoms with E-state index in [0.717, 1.165) is 19.3 Å². The number of carbonyl (C=O) groups excluding carboxylic acids is 1. The molecule has 0 atom stereocenters. The van der Waals surface area contributed by atoms with Gasteiger partial charge in [0.05, 0.1) is 0 Å². The topological polar surface area (TPSA) is 17.1 Å². The molecule has 0 heterocycles. The van der Waals surface area contributed by atoms with Crippen LogP contribution in [-0.2, 0) is 4.79 Å². The summed E-state index contributed by atoms with van der Waals surface area (Å²) in [6, 6.07) is 0. The fourth-order valence-electron chi connectivity index (χ4n) is 0.718. The summed E-state index contributed by atoms with van der Waals surface area (Å²) in [6.45, 7) is 3.51. The molecule has 0 rings (SSSR count). The van der Waals surface area contributed by atoms with Crippen molar-refractivity contribution in [1.82, 2.24) is 0 Å². The predicted molar refractivity (Wildman–Crippen MR) is 44.2 cm³/mol. The zero-order valence-electron chi connectivity index (χ0n) is 6.24. The number of halogens is 1. The maximum atomic E-state index is 10.7. The van der Waals surface area contributed by atoms with E-state index in [0.29, 0.717) is 18.7 Å². The molecule has 0 bridgehead atoms. The van der Waals surface area contributed by atoms with Gasteiger partial charge in [0, 0.05) is 18.7 Å². The minimum atomic E-state index is 0.259. The van der Waals surface area contributed by atoms with Crippen LogP contribution in [0.1, 0.15) is 32.1 Å². The largest absolute Gasteiger partial charge is 0.300 e. The number of ketones is 1. The van der Waals surface area contributed by atoms with E-state index in [1.165, 1.54) is 0 Å². The van der Waals surface area contributed by atoms with E-state index in [1.807, 2.05) is 0 Å². The van der Waals surface area contributed by atoms with Crippen molar-refractivity contribution in [1.29, 1.82) is 0 Å². The molecule has 1 nitrogen and oxygen atoms in total. The summed E-state index contributed by atoms with van der Waals surface area (Å²) in [4.78, 5) is 10.7. The van der Waals surface area contributed by atoms with Gasteiger partial charge in [0.2, 0.25) is 0 Å². The molecular weight excluding hydrogens is 148 g/mol. The van der Waals surface area contributed by atoms with Crippen LogP contribution in [0, 0.1) is 6.92 Å². The first-order chi connectivity index (χ1) is 4.81. The van der Waals surface area contributed by atoms with Crippen LogP contribution in [0.2, 0.25) is 0 Å². The zero-order chi connectivity index (χ0) is 7.82. The minimum absolute atomic E-state index is 0.259. The van der Waals surface area contributed by atoms with Gasteiger partial charge in [-0.3, -0.25) is 4.79 Å². The van der Waals surface area contributed by atoms with Crippen LogP contribution in [0.5, 0.6) is 0 Å². The SMILES string of the molecule is [CH2]CC(=O)CCCCCCl. The minimum Gasteiger partial charge on any atom is -0.300 e. The first-order valence-corrected chi connectivity index (χ1v) is 4.21. The van der Waals surface area contributed by atoms with Gasteiger partial charge in [-0.1, -0.05) is 6.42 Å². The van der Waals surface area contributed by atoms with Crippen molar-refractivity contribution in [2.75, 3.05) is 5.88 Å². The number of hydrogen-bond donors (Lipinski definition) is 0. The van der Waals surface area contributed by atoms with Crippen LogP contribution in [-0.4, -0.2) is 11.7 Å². The zero-order valence-corrected chi connectivity index (χ0v) is 6.99. The Labute approximate surface area is 67.8 Å². The lowest BCUT2D eigenvalue weighted by molar-refractivity contribution is -0.118. The molecule has 0 N–H and O–H groups in total. The molecule has 59 valence electrons. The molecule has 0 aliphatic heterocycles. The Kier molecular flexibility index (Phi) is 7.04. The van der Waals surface area contributed by atoms with Crippen molar-refractivity contribution in [3.63, 3.8) is 0 Å². The third-order valence-corrected chi connectivity index (χ3v) is 1.64. The van der Waals surface area contributed by atoms with E-state index in [2.05, 4.69) is 6.92 Å². The summed E-state index contributed by atoms with van der Waals surface area (Å²) in [5.41, 5.74) is 0. The molecule has 0 spiro atoms. The number of carbonyl (C=O) groups is 1. The number of unbranched alkanes of at least 4 members (excludes halogenated alkanes) is 2. The Morgan fingerprint density at radius 1 is 1.30 bits per heavy atom. The summed E-state index contributed by atoms with van der Waals surface area (Å²) in [5.74, 6) is 0.966. The lowest BCUT2D eigenvalue weighted by atomic mass is 10.1. The monoisotopic (exact) mass is 161 g/mol. The number of hydrogen-bond acceptors (Lipinski definition) is 1. The quantitative estimate of drug-likeness (QED) is 0.432. The molecule has 1 radical (unpaired) electrons. The second-order valence-electron chi connectivity index (χ2n) is 2.29. The highest BCUT2D eigenvalue weighted by atomic mass is 35.5. The molecule has 0 aromatic carbocycles. The highest BCUT2D eigenvalue weighted by molar-refractivity contribution is 6.17. The second-order valence-corrected chi connectivity index (χ2v) is 2.67. The van der Waals surface area contributed by atoms with Crippen molar-refractivity contribution in [2.24, 2.45) is 0 Å². The molecule has 10 heavy (non-hydrogen) atoms. The van der Waals surface area contributed by atoms with Crippen molar-refractivity contribution < 1.29 is 4.79 Å². The maximum absolute atomic E-state index is 10.7. The van der Waals surface area contributed by atoms with E-state index in [9.17, 15) is 4.79 Å². The van der Waals surface area contributed by atoms with Crippen LogP contribution in [0.3, 0.4) is 0 Å². The fraction of sp³-hybridized carbons (Fsp3) is 0.750. The molecule has 0 unspecified atom stereocenters. The van der Waals surface area contributed by atoms with Crippen molar-refractivity contribution in [3.05, 3.63) is 6.92 Å². The number of alkyl halides is 1. The average Bonchev–Trinajstić information content (AvgIpc) is 1.98. The lowest BCUT2D eigenvalue weighted by Crippen LogP contribution is -1.94. The summed E-state index contributed by atoms with van der Waals surface area (Å²) in [6.07, 6.45) is 4.17. The van der Waals surface area contributed by atoms with Crippen LogP contribution in [0.4, 0.5) is 0 Å². The third-order valence-electron chi connectivity index (χ3n) is 1.37. The van der Waals surface area contributed by atoms with Gasteiger partial charge in [0.25, 0.3) is 0 Å². The van der Waals surface area contributed by atoms with E-state index >= 15 is 0 Å². The molecule has 2 heteroatoms. The summed E-state index contributed by atoms with van der Waals surface area (Å²) >= 11 is 5.45. The molecule has 0 aliphatic rings. The van der Waals surface area contributed by atoms with Gasteiger partial charge in [-0.05, 0) is 19.8 Å². The van der Waals surface area contributed by atoms with Crippen molar-refractivity contribution in [2.45, 2.75) is 32.1 Å². The summed E-state index contributed by atoms with van der Waals surface area (Å²) < 4.78 is 0. The fourth-order valence-corrected chi connectivity index (χ4v) is 0.907. The Morgan fingerprint density at radius 3 is 2.50 bits per heavy atom. The predicted octanol–water partition coefficient (Wildman–Crippen LogP) is 2.58. The smallest absolute Gasteiger partial charge is 0.132 e. The van der Waals surface area contributed by atoms with Crippen LogP contribution in [0.15, 0.2) is 0 Å².